The highest BCUT2D eigenvalue weighted by Crippen LogP contribution is 2.35. The van der Waals surface area contributed by atoms with Crippen LogP contribution < -0.4 is 5.32 Å². The Bertz CT molecular complexity index is 549. The van der Waals surface area contributed by atoms with E-state index in [-0.39, 0.29) is 5.56 Å². The molecule has 0 fully saturated rings. The third-order valence-corrected chi connectivity index (χ3v) is 3.27. The van der Waals surface area contributed by atoms with Gasteiger partial charge in [-0.2, -0.15) is 13.2 Å². The van der Waals surface area contributed by atoms with Gasteiger partial charge in [-0.25, -0.2) is 0 Å². The lowest BCUT2D eigenvalue weighted by Gasteiger charge is -2.22. The number of benzene rings is 1. The highest BCUT2D eigenvalue weighted by Gasteiger charge is 2.34. The number of furan rings is 1. The molecule has 1 unspecified atom stereocenters. The third kappa shape index (κ3) is 4.11. The first-order chi connectivity index (χ1) is 10.0. The van der Waals surface area contributed by atoms with E-state index in [9.17, 15) is 13.2 Å². The molecule has 0 aliphatic heterocycles. The molecule has 1 N–H and O–H groups in total. The number of alkyl halides is 3. The average Bonchev–Trinajstić information content (AvgIpc) is 2.95. The molecule has 1 heterocycles. The van der Waals surface area contributed by atoms with Gasteiger partial charge in [0, 0.05) is 12.5 Å². The van der Waals surface area contributed by atoms with Crippen molar-refractivity contribution in [2.24, 2.45) is 0 Å². The molecule has 0 aliphatic rings. The molecule has 21 heavy (non-hydrogen) atoms. The summed E-state index contributed by atoms with van der Waals surface area (Å²) in [7, 11) is 0. The minimum atomic E-state index is -4.36. The Kier molecular flexibility index (Phi) is 5.07. The first kappa shape index (κ1) is 15.6. The van der Waals surface area contributed by atoms with E-state index in [2.05, 4.69) is 5.32 Å². The second kappa shape index (κ2) is 6.80. The van der Waals surface area contributed by atoms with Crippen LogP contribution in [0.4, 0.5) is 13.2 Å². The van der Waals surface area contributed by atoms with Crippen molar-refractivity contribution < 1.29 is 17.6 Å². The van der Waals surface area contributed by atoms with Crippen molar-refractivity contribution in [3.8, 4) is 0 Å². The summed E-state index contributed by atoms with van der Waals surface area (Å²) in [5.41, 5.74) is -0.333. The lowest BCUT2D eigenvalue weighted by atomic mass is 9.96. The Morgan fingerprint density at radius 3 is 2.52 bits per heavy atom. The molecule has 1 atom stereocenters. The Morgan fingerprint density at radius 2 is 1.90 bits per heavy atom. The number of halogens is 3. The summed E-state index contributed by atoms with van der Waals surface area (Å²) in [5.74, 6) is 0.667. The van der Waals surface area contributed by atoms with Gasteiger partial charge in [0.1, 0.15) is 5.76 Å². The van der Waals surface area contributed by atoms with E-state index >= 15 is 0 Å². The molecule has 1 aromatic carbocycles. The molecule has 1 aromatic heterocycles. The summed E-state index contributed by atoms with van der Waals surface area (Å²) < 4.78 is 44.7. The zero-order valence-corrected chi connectivity index (χ0v) is 11.8. The SMILES string of the molecule is CCCNC(Cc1ccco1)c1ccccc1C(F)(F)F. The van der Waals surface area contributed by atoms with E-state index in [0.29, 0.717) is 18.7 Å². The van der Waals surface area contributed by atoms with Crippen LogP contribution in [0.3, 0.4) is 0 Å². The summed E-state index contributed by atoms with van der Waals surface area (Å²) in [5, 5.41) is 3.18. The van der Waals surface area contributed by atoms with Gasteiger partial charge in [-0.05, 0) is 36.7 Å². The fourth-order valence-electron chi connectivity index (χ4n) is 2.30. The van der Waals surface area contributed by atoms with Crippen molar-refractivity contribution >= 4 is 0 Å². The lowest BCUT2D eigenvalue weighted by molar-refractivity contribution is -0.138. The van der Waals surface area contributed by atoms with Crippen molar-refractivity contribution in [3.05, 3.63) is 59.5 Å². The van der Waals surface area contributed by atoms with Crippen LogP contribution in [-0.4, -0.2) is 6.54 Å². The number of rotatable bonds is 6. The molecular formula is C16H18F3NO. The molecule has 0 saturated heterocycles. The summed E-state index contributed by atoms with van der Waals surface area (Å²) in [6.07, 6.45) is -1.59. The number of hydrogen-bond acceptors (Lipinski definition) is 2. The largest absolute Gasteiger partial charge is 0.469 e. The predicted molar refractivity (Wildman–Crippen MR) is 74.9 cm³/mol. The molecule has 0 aliphatic carbocycles. The molecule has 114 valence electrons. The first-order valence-corrected chi connectivity index (χ1v) is 6.94. The van der Waals surface area contributed by atoms with Crippen molar-refractivity contribution in [1.29, 1.82) is 0 Å². The summed E-state index contributed by atoms with van der Waals surface area (Å²) in [6, 6.07) is 8.79. The normalized spacial score (nSPS) is 13.3. The van der Waals surface area contributed by atoms with E-state index in [1.165, 1.54) is 18.4 Å². The van der Waals surface area contributed by atoms with Gasteiger partial charge < -0.3 is 9.73 Å². The Balaban J connectivity index is 2.32. The number of hydrogen-bond donors (Lipinski definition) is 1. The highest BCUT2D eigenvalue weighted by molar-refractivity contribution is 5.33. The van der Waals surface area contributed by atoms with Gasteiger partial charge in [0.25, 0.3) is 0 Å². The summed E-state index contributed by atoms with van der Waals surface area (Å²) in [4.78, 5) is 0. The van der Waals surface area contributed by atoms with Crippen LogP contribution in [0.1, 0.15) is 36.3 Å². The van der Waals surface area contributed by atoms with Gasteiger partial charge in [0.05, 0.1) is 11.8 Å². The van der Waals surface area contributed by atoms with Gasteiger partial charge in [-0.1, -0.05) is 25.1 Å². The zero-order chi connectivity index (χ0) is 15.3. The van der Waals surface area contributed by atoms with Crippen LogP contribution in [0.15, 0.2) is 47.1 Å². The number of nitrogens with one attached hydrogen (secondary N) is 1. The second-order valence-electron chi connectivity index (χ2n) is 4.88. The van der Waals surface area contributed by atoms with E-state index in [1.807, 2.05) is 6.92 Å². The monoisotopic (exact) mass is 297 g/mol. The molecule has 0 saturated carbocycles. The van der Waals surface area contributed by atoms with Crippen molar-refractivity contribution in [3.63, 3.8) is 0 Å². The van der Waals surface area contributed by atoms with Gasteiger partial charge in [0.15, 0.2) is 0 Å². The van der Waals surface area contributed by atoms with Gasteiger partial charge >= 0.3 is 6.18 Å². The Labute approximate surface area is 122 Å². The molecule has 5 heteroatoms. The maximum atomic E-state index is 13.2. The molecule has 2 aromatic rings. The predicted octanol–water partition coefficient (Wildman–Crippen LogP) is 4.58. The average molecular weight is 297 g/mol. The molecule has 0 amide bonds. The maximum absolute atomic E-state index is 13.2. The fourth-order valence-corrected chi connectivity index (χ4v) is 2.30. The molecule has 2 nitrogen and oxygen atoms in total. The Morgan fingerprint density at radius 1 is 1.14 bits per heavy atom. The third-order valence-electron chi connectivity index (χ3n) is 3.27. The molecule has 0 spiro atoms. The van der Waals surface area contributed by atoms with E-state index in [4.69, 9.17) is 4.42 Å². The van der Waals surface area contributed by atoms with Crippen LogP contribution >= 0.6 is 0 Å². The van der Waals surface area contributed by atoms with Gasteiger partial charge in [-0.3, -0.25) is 0 Å². The molecular weight excluding hydrogens is 279 g/mol. The quantitative estimate of drug-likeness (QED) is 0.844. The van der Waals surface area contributed by atoms with Crippen LogP contribution in [-0.2, 0) is 12.6 Å². The molecule has 0 radical (unpaired) electrons. The second-order valence-corrected chi connectivity index (χ2v) is 4.88. The standard InChI is InChI=1S/C16H18F3NO/c1-2-9-20-15(11-12-6-5-10-21-12)13-7-3-4-8-14(13)16(17,18)19/h3-8,10,15,20H,2,9,11H2,1H3. The lowest BCUT2D eigenvalue weighted by Crippen LogP contribution is -2.26. The van der Waals surface area contributed by atoms with Crippen LogP contribution in [0.2, 0.25) is 0 Å². The summed E-state index contributed by atoms with van der Waals surface area (Å²) >= 11 is 0. The van der Waals surface area contributed by atoms with Gasteiger partial charge in [-0.15, -0.1) is 0 Å². The maximum Gasteiger partial charge on any atom is 0.416 e. The zero-order valence-electron chi connectivity index (χ0n) is 11.8. The van der Waals surface area contributed by atoms with E-state index in [1.54, 1.807) is 18.2 Å². The molecule has 2 rings (SSSR count). The Hall–Kier alpha value is -1.75. The fraction of sp³-hybridized carbons (Fsp3) is 0.375. The highest BCUT2D eigenvalue weighted by atomic mass is 19.4. The minimum absolute atomic E-state index is 0.259. The summed E-state index contributed by atoms with van der Waals surface area (Å²) in [6.45, 7) is 2.63. The van der Waals surface area contributed by atoms with E-state index in [0.717, 1.165) is 12.5 Å². The van der Waals surface area contributed by atoms with Crippen LogP contribution in [0, 0.1) is 0 Å². The van der Waals surface area contributed by atoms with Crippen molar-refractivity contribution in [1.82, 2.24) is 5.32 Å². The van der Waals surface area contributed by atoms with Crippen LogP contribution in [0.5, 0.6) is 0 Å². The molecule has 0 bridgehead atoms. The van der Waals surface area contributed by atoms with Crippen LogP contribution in [0.25, 0.3) is 0 Å². The van der Waals surface area contributed by atoms with Crippen molar-refractivity contribution in [2.45, 2.75) is 32.0 Å². The smallest absolute Gasteiger partial charge is 0.416 e. The van der Waals surface area contributed by atoms with E-state index < -0.39 is 17.8 Å². The van der Waals surface area contributed by atoms with Gasteiger partial charge in [0.2, 0.25) is 0 Å². The van der Waals surface area contributed by atoms with Crippen molar-refractivity contribution in [2.75, 3.05) is 6.54 Å². The minimum Gasteiger partial charge on any atom is -0.469 e. The first-order valence-electron chi connectivity index (χ1n) is 6.94. The topological polar surface area (TPSA) is 25.2 Å².